The highest BCUT2D eigenvalue weighted by molar-refractivity contribution is 7.20. The number of aromatic nitrogens is 2. The van der Waals surface area contributed by atoms with Gasteiger partial charge in [0, 0.05) is 11.9 Å². The van der Waals surface area contributed by atoms with Gasteiger partial charge in [-0.25, -0.2) is 9.97 Å². The third kappa shape index (κ3) is 3.87. The van der Waals surface area contributed by atoms with E-state index in [4.69, 9.17) is 18.6 Å². The minimum atomic E-state index is -0.182. The van der Waals surface area contributed by atoms with E-state index < -0.39 is 0 Å². The van der Waals surface area contributed by atoms with Crippen LogP contribution in [0.2, 0.25) is 0 Å². The summed E-state index contributed by atoms with van der Waals surface area (Å²) in [4.78, 5) is 23.5. The summed E-state index contributed by atoms with van der Waals surface area (Å²) in [6.45, 7) is 4.12. The maximum absolute atomic E-state index is 13.0. The van der Waals surface area contributed by atoms with E-state index in [-0.39, 0.29) is 5.91 Å². The smallest absolute Gasteiger partial charge is 0.261 e. The molecule has 0 aliphatic rings. The Kier molecular flexibility index (Phi) is 6.00. The molecule has 0 atom stereocenters. The van der Waals surface area contributed by atoms with Crippen molar-refractivity contribution in [3.8, 4) is 28.8 Å². The molecule has 0 spiro atoms. The minimum Gasteiger partial charge on any atom is -0.493 e. The maximum atomic E-state index is 13.0. The SMILES string of the molecule is COc1cc(CNC(=O)c2sc3nc(-c4ccco4)nc(C)c3c2C)cc(OC)c1OC. The van der Waals surface area contributed by atoms with Gasteiger partial charge in [0.05, 0.1) is 38.2 Å². The number of nitrogens with one attached hydrogen (secondary N) is 1. The molecule has 0 saturated heterocycles. The van der Waals surface area contributed by atoms with Crippen molar-refractivity contribution < 1.29 is 23.4 Å². The Bertz CT molecular complexity index is 1260. The van der Waals surface area contributed by atoms with Crippen LogP contribution in [0.5, 0.6) is 17.2 Å². The molecular formula is C23H23N3O5S. The van der Waals surface area contributed by atoms with Crippen molar-refractivity contribution in [1.29, 1.82) is 0 Å². The van der Waals surface area contributed by atoms with Crippen LogP contribution in [0.1, 0.15) is 26.5 Å². The first kappa shape index (κ1) is 21.6. The van der Waals surface area contributed by atoms with Crippen molar-refractivity contribution >= 4 is 27.5 Å². The molecule has 0 unspecified atom stereocenters. The summed E-state index contributed by atoms with van der Waals surface area (Å²) in [6.07, 6.45) is 1.58. The molecule has 1 aromatic carbocycles. The van der Waals surface area contributed by atoms with Crippen LogP contribution in [0.3, 0.4) is 0 Å². The number of nitrogens with zero attached hydrogens (tertiary/aromatic N) is 2. The van der Waals surface area contributed by atoms with Gasteiger partial charge in [-0.15, -0.1) is 11.3 Å². The third-order valence-electron chi connectivity index (χ3n) is 5.10. The van der Waals surface area contributed by atoms with Crippen molar-refractivity contribution in [2.24, 2.45) is 0 Å². The van der Waals surface area contributed by atoms with Crippen molar-refractivity contribution in [2.75, 3.05) is 21.3 Å². The summed E-state index contributed by atoms with van der Waals surface area (Å²) in [5.74, 6) is 2.49. The second-order valence-corrected chi connectivity index (χ2v) is 8.06. The second kappa shape index (κ2) is 8.88. The second-order valence-electron chi connectivity index (χ2n) is 7.06. The average Bonchev–Trinajstić information content (AvgIpc) is 3.45. The number of amides is 1. The summed E-state index contributed by atoms with van der Waals surface area (Å²) in [5.41, 5.74) is 2.48. The van der Waals surface area contributed by atoms with Crippen LogP contribution in [0, 0.1) is 13.8 Å². The number of rotatable bonds is 7. The Morgan fingerprint density at radius 2 is 1.81 bits per heavy atom. The number of ether oxygens (including phenoxy) is 3. The highest BCUT2D eigenvalue weighted by Gasteiger charge is 2.20. The number of hydrogen-bond acceptors (Lipinski definition) is 8. The topological polar surface area (TPSA) is 95.7 Å². The molecule has 32 heavy (non-hydrogen) atoms. The molecule has 4 aromatic rings. The number of furan rings is 1. The Labute approximate surface area is 189 Å². The molecule has 3 heterocycles. The van der Waals surface area contributed by atoms with Gasteiger partial charge < -0.3 is 23.9 Å². The van der Waals surface area contributed by atoms with E-state index in [9.17, 15) is 4.79 Å². The number of carbonyl (C=O) groups is 1. The van der Waals surface area contributed by atoms with Crippen LogP contribution >= 0.6 is 11.3 Å². The zero-order chi connectivity index (χ0) is 22.8. The lowest BCUT2D eigenvalue weighted by Crippen LogP contribution is -2.22. The van der Waals surface area contributed by atoms with E-state index in [0.717, 1.165) is 27.0 Å². The summed E-state index contributed by atoms with van der Waals surface area (Å²) in [6, 6.07) is 7.22. The molecule has 0 aliphatic heterocycles. The fraction of sp³-hybridized carbons (Fsp3) is 0.261. The predicted molar refractivity (Wildman–Crippen MR) is 122 cm³/mol. The monoisotopic (exact) mass is 453 g/mol. The van der Waals surface area contributed by atoms with Gasteiger partial charge in [0.1, 0.15) is 4.83 Å². The molecule has 0 saturated carbocycles. The average molecular weight is 454 g/mol. The van der Waals surface area contributed by atoms with Gasteiger partial charge in [-0.1, -0.05) is 0 Å². The molecule has 1 N–H and O–H groups in total. The molecule has 4 rings (SSSR count). The van der Waals surface area contributed by atoms with Crippen molar-refractivity contribution in [2.45, 2.75) is 20.4 Å². The minimum absolute atomic E-state index is 0.182. The molecule has 3 aromatic heterocycles. The van der Waals surface area contributed by atoms with Gasteiger partial charge in [0.15, 0.2) is 23.1 Å². The van der Waals surface area contributed by atoms with Crippen LogP contribution in [0.25, 0.3) is 21.8 Å². The first-order valence-electron chi connectivity index (χ1n) is 9.85. The number of methoxy groups -OCH3 is 3. The number of benzene rings is 1. The number of carbonyl (C=O) groups excluding carboxylic acids is 1. The third-order valence-corrected chi connectivity index (χ3v) is 6.28. The van der Waals surface area contributed by atoms with Crippen LogP contribution < -0.4 is 19.5 Å². The standard InChI is InChI=1S/C23H23N3O5S/c1-12-18-13(2)25-21(15-7-6-8-31-15)26-23(18)32-20(12)22(27)24-11-14-9-16(28-3)19(30-5)17(10-14)29-4/h6-10H,11H2,1-5H3,(H,24,27). The fourth-order valence-corrected chi connectivity index (χ4v) is 4.72. The van der Waals surface area contributed by atoms with Gasteiger partial charge in [-0.2, -0.15) is 0 Å². The molecule has 8 nitrogen and oxygen atoms in total. The number of thiophene rings is 1. The zero-order valence-corrected chi connectivity index (χ0v) is 19.3. The van der Waals surface area contributed by atoms with E-state index in [1.54, 1.807) is 33.7 Å². The lowest BCUT2D eigenvalue weighted by atomic mass is 10.1. The Morgan fingerprint density at radius 3 is 2.41 bits per heavy atom. The van der Waals surface area contributed by atoms with Gasteiger partial charge in [-0.05, 0) is 49.2 Å². The lowest BCUT2D eigenvalue weighted by molar-refractivity contribution is 0.0954. The first-order valence-corrected chi connectivity index (χ1v) is 10.7. The maximum Gasteiger partial charge on any atom is 0.261 e. The number of fused-ring (bicyclic) bond motifs is 1. The molecule has 0 fully saturated rings. The van der Waals surface area contributed by atoms with Gasteiger partial charge >= 0.3 is 0 Å². The Morgan fingerprint density at radius 1 is 1.09 bits per heavy atom. The molecule has 0 aliphatic carbocycles. The predicted octanol–water partition coefficient (Wildman–Crippen LogP) is 4.52. The lowest BCUT2D eigenvalue weighted by Gasteiger charge is -2.14. The summed E-state index contributed by atoms with van der Waals surface area (Å²) in [5, 5.41) is 3.86. The molecule has 1 amide bonds. The van der Waals surface area contributed by atoms with Crippen molar-refractivity contribution in [3.63, 3.8) is 0 Å². The summed E-state index contributed by atoms with van der Waals surface area (Å²) < 4.78 is 21.5. The highest BCUT2D eigenvalue weighted by Crippen LogP contribution is 2.38. The summed E-state index contributed by atoms with van der Waals surface area (Å²) >= 11 is 1.34. The zero-order valence-electron chi connectivity index (χ0n) is 18.4. The van der Waals surface area contributed by atoms with E-state index in [1.807, 2.05) is 32.0 Å². The van der Waals surface area contributed by atoms with E-state index >= 15 is 0 Å². The van der Waals surface area contributed by atoms with Crippen LogP contribution in [-0.2, 0) is 6.54 Å². The molecule has 0 radical (unpaired) electrons. The molecule has 166 valence electrons. The van der Waals surface area contributed by atoms with Crippen LogP contribution in [0.4, 0.5) is 0 Å². The fourth-order valence-electron chi connectivity index (χ4n) is 3.57. The summed E-state index contributed by atoms with van der Waals surface area (Å²) in [7, 11) is 4.66. The van der Waals surface area contributed by atoms with Gasteiger partial charge in [-0.3, -0.25) is 4.79 Å². The Balaban J connectivity index is 1.61. The van der Waals surface area contributed by atoms with E-state index in [1.165, 1.54) is 11.3 Å². The number of aryl methyl sites for hydroxylation is 2. The van der Waals surface area contributed by atoms with Crippen LogP contribution in [-0.4, -0.2) is 37.2 Å². The van der Waals surface area contributed by atoms with Crippen molar-refractivity contribution in [3.05, 3.63) is 52.2 Å². The quantitative estimate of drug-likeness (QED) is 0.439. The Hall–Kier alpha value is -3.59. The molecule has 0 bridgehead atoms. The van der Waals surface area contributed by atoms with Crippen LogP contribution in [0.15, 0.2) is 34.9 Å². The first-order chi connectivity index (χ1) is 15.5. The molecular weight excluding hydrogens is 430 g/mol. The van der Waals surface area contributed by atoms with Gasteiger partial charge in [0.25, 0.3) is 5.91 Å². The largest absolute Gasteiger partial charge is 0.493 e. The van der Waals surface area contributed by atoms with E-state index in [2.05, 4.69) is 15.3 Å². The van der Waals surface area contributed by atoms with Gasteiger partial charge in [0.2, 0.25) is 5.75 Å². The normalized spacial score (nSPS) is 10.9. The van der Waals surface area contributed by atoms with E-state index in [0.29, 0.717) is 40.3 Å². The highest BCUT2D eigenvalue weighted by atomic mass is 32.1. The molecule has 9 heteroatoms. The number of hydrogen-bond donors (Lipinski definition) is 1. The van der Waals surface area contributed by atoms with Crippen molar-refractivity contribution in [1.82, 2.24) is 15.3 Å².